The molecule has 4 nitrogen and oxygen atoms in total. The Balaban J connectivity index is 1.78. The molecule has 2 aromatic rings. The number of halogens is 1. The third-order valence-corrected chi connectivity index (χ3v) is 7.88. The third kappa shape index (κ3) is 3.29. The van der Waals surface area contributed by atoms with Crippen molar-refractivity contribution in [2.75, 3.05) is 13.1 Å². The topological polar surface area (TPSA) is 54.5 Å². The van der Waals surface area contributed by atoms with Crippen LogP contribution in [-0.2, 0) is 20.2 Å². The van der Waals surface area contributed by atoms with E-state index in [1.807, 2.05) is 13.8 Å². The largest absolute Gasteiger partial charge is 0.300 e. The number of Topliss-reactive ketones (excluding diaryl/α,β-unsaturated/α-hetero) is 1. The van der Waals surface area contributed by atoms with Gasteiger partial charge in [-0.2, -0.15) is 4.31 Å². The van der Waals surface area contributed by atoms with Crippen molar-refractivity contribution >= 4 is 15.8 Å². The summed E-state index contributed by atoms with van der Waals surface area (Å²) in [6.07, 6.45) is 1.38. The van der Waals surface area contributed by atoms with Crippen LogP contribution in [0.15, 0.2) is 53.4 Å². The van der Waals surface area contributed by atoms with Crippen molar-refractivity contribution in [3.05, 3.63) is 65.5 Å². The number of fused-ring (bicyclic) bond motifs is 2. The Morgan fingerprint density at radius 3 is 2.25 bits per heavy atom. The molecule has 0 amide bonds. The van der Waals surface area contributed by atoms with Gasteiger partial charge in [0.05, 0.1) is 4.90 Å². The van der Waals surface area contributed by atoms with E-state index in [-0.39, 0.29) is 29.5 Å². The number of rotatable bonds is 3. The summed E-state index contributed by atoms with van der Waals surface area (Å²) in [6.45, 7) is 4.45. The molecule has 1 saturated carbocycles. The van der Waals surface area contributed by atoms with Crippen molar-refractivity contribution in [3.8, 4) is 0 Å². The molecule has 148 valence electrons. The van der Waals surface area contributed by atoms with Gasteiger partial charge in [0.1, 0.15) is 11.6 Å². The van der Waals surface area contributed by atoms with Gasteiger partial charge in [-0.1, -0.05) is 36.8 Å². The Morgan fingerprint density at radius 1 is 0.964 bits per heavy atom. The second-order valence-electron chi connectivity index (χ2n) is 8.75. The standard InChI is InChI=1S/C22H24FNO3S/c1-16-3-9-20(10-4-16)28(26,27)24-14-21(2)11-19(25)12-22(13-21,15-24)17-5-7-18(23)8-6-17/h3-10H,11-15H2,1-2H3. The van der Waals surface area contributed by atoms with Crippen LogP contribution in [0.2, 0.25) is 0 Å². The second-order valence-corrected chi connectivity index (χ2v) is 10.7. The Bertz CT molecular complexity index is 1020. The lowest BCUT2D eigenvalue weighted by molar-refractivity contribution is -0.129. The van der Waals surface area contributed by atoms with Crippen molar-refractivity contribution < 1.29 is 17.6 Å². The van der Waals surface area contributed by atoms with Crippen LogP contribution < -0.4 is 0 Å². The fourth-order valence-corrected chi connectivity index (χ4v) is 6.71. The van der Waals surface area contributed by atoms with Crippen LogP contribution in [0.25, 0.3) is 0 Å². The number of hydrogen-bond acceptors (Lipinski definition) is 3. The van der Waals surface area contributed by atoms with E-state index in [1.54, 1.807) is 36.4 Å². The maximum atomic E-state index is 13.5. The summed E-state index contributed by atoms with van der Waals surface area (Å²) in [4.78, 5) is 12.8. The summed E-state index contributed by atoms with van der Waals surface area (Å²) in [6, 6.07) is 13.0. The number of piperidine rings is 1. The maximum absolute atomic E-state index is 13.5. The van der Waals surface area contributed by atoms with E-state index >= 15 is 0 Å². The average Bonchev–Trinajstić information content (AvgIpc) is 2.60. The normalized spacial score (nSPS) is 28.3. The molecule has 2 aliphatic rings. The highest BCUT2D eigenvalue weighted by atomic mass is 32.2. The first-order valence-electron chi connectivity index (χ1n) is 9.47. The molecule has 2 unspecified atom stereocenters. The molecule has 0 spiro atoms. The average molecular weight is 402 g/mol. The van der Waals surface area contributed by atoms with E-state index in [0.717, 1.165) is 17.5 Å². The summed E-state index contributed by atoms with van der Waals surface area (Å²) in [5.74, 6) is -0.199. The molecule has 2 fully saturated rings. The Kier molecular flexibility index (Phi) is 4.47. The summed E-state index contributed by atoms with van der Waals surface area (Å²) in [5.41, 5.74) is 0.778. The summed E-state index contributed by atoms with van der Waals surface area (Å²) >= 11 is 0. The van der Waals surface area contributed by atoms with Crippen molar-refractivity contribution in [3.63, 3.8) is 0 Å². The fourth-order valence-electron chi connectivity index (χ4n) is 5.03. The number of carbonyl (C=O) groups excluding carboxylic acids is 1. The number of sulfonamides is 1. The van der Waals surface area contributed by atoms with Gasteiger partial charge >= 0.3 is 0 Å². The maximum Gasteiger partial charge on any atom is 0.243 e. The first-order chi connectivity index (χ1) is 13.1. The number of hydrogen-bond donors (Lipinski definition) is 0. The van der Waals surface area contributed by atoms with Gasteiger partial charge < -0.3 is 0 Å². The molecule has 0 N–H and O–H groups in total. The van der Waals surface area contributed by atoms with Crippen LogP contribution in [0.3, 0.4) is 0 Å². The minimum absolute atomic E-state index is 0.144. The lowest BCUT2D eigenvalue weighted by atomic mass is 9.57. The van der Waals surface area contributed by atoms with Crippen LogP contribution in [0.1, 0.15) is 37.3 Å². The van der Waals surface area contributed by atoms with Crippen molar-refractivity contribution in [1.82, 2.24) is 4.31 Å². The highest BCUT2D eigenvalue weighted by molar-refractivity contribution is 7.89. The molecule has 1 aliphatic carbocycles. The predicted molar refractivity (Wildman–Crippen MR) is 105 cm³/mol. The van der Waals surface area contributed by atoms with Crippen LogP contribution >= 0.6 is 0 Å². The molecule has 0 aromatic heterocycles. The Morgan fingerprint density at radius 2 is 1.61 bits per heavy atom. The SMILES string of the molecule is Cc1ccc(S(=O)(=O)N2CC3(C)CC(=O)CC(c4ccc(F)cc4)(C2)C3)cc1. The molecular formula is C22H24FNO3S. The Labute approximate surface area is 165 Å². The van der Waals surface area contributed by atoms with Crippen molar-refractivity contribution in [2.24, 2.45) is 5.41 Å². The lowest BCUT2D eigenvalue weighted by Crippen LogP contribution is -2.59. The minimum atomic E-state index is -3.68. The Hall–Kier alpha value is -2.05. The molecule has 0 radical (unpaired) electrons. The monoisotopic (exact) mass is 401 g/mol. The number of carbonyl (C=O) groups is 1. The smallest absolute Gasteiger partial charge is 0.243 e. The number of aryl methyl sites for hydroxylation is 1. The zero-order valence-corrected chi connectivity index (χ0v) is 16.9. The zero-order chi connectivity index (χ0) is 20.2. The molecule has 6 heteroatoms. The molecule has 1 saturated heterocycles. The summed E-state index contributed by atoms with van der Waals surface area (Å²) < 4.78 is 41.7. The van der Waals surface area contributed by atoms with E-state index < -0.39 is 20.9 Å². The molecule has 28 heavy (non-hydrogen) atoms. The highest BCUT2D eigenvalue weighted by Gasteiger charge is 2.54. The van der Waals surface area contributed by atoms with Crippen LogP contribution in [0, 0.1) is 18.2 Å². The highest BCUT2D eigenvalue weighted by Crippen LogP contribution is 2.51. The van der Waals surface area contributed by atoms with Crippen molar-refractivity contribution in [2.45, 2.75) is 43.4 Å². The fraction of sp³-hybridized carbons (Fsp3) is 0.409. The van der Waals surface area contributed by atoms with Gasteiger partial charge in [0.25, 0.3) is 0 Å². The van der Waals surface area contributed by atoms with Gasteiger partial charge in [0.15, 0.2) is 0 Å². The van der Waals surface area contributed by atoms with Gasteiger partial charge in [-0.05, 0) is 48.6 Å². The molecule has 2 bridgehead atoms. The summed E-state index contributed by atoms with van der Waals surface area (Å²) in [7, 11) is -3.68. The second kappa shape index (κ2) is 6.49. The van der Waals surface area contributed by atoms with E-state index in [4.69, 9.17) is 0 Å². The molecular weight excluding hydrogens is 377 g/mol. The zero-order valence-electron chi connectivity index (χ0n) is 16.1. The van der Waals surface area contributed by atoms with Gasteiger partial charge in [-0.3, -0.25) is 4.79 Å². The third-order valence-electron chi connectivity index (χ3n) is 6.08. The molecule has 2 atom stereocenters. The number of benzene rings is 2. The predicted octanol–water partition coefficient (Wildman–Crippen LogP) is 3.84. The first kappa shape index (κ1) is 19.3. The van der Waals surface area contributed by atoms with Gasteiger partial charge in [0.2, 0.25) is 10.0 Å². The van der Waals surface area contributed by atoms with E-state index in [0.29, 0.717) is 13.0 Å². The van der Waals surface area contributed by atoms with E-state index in [1.165, 1.54) is 16.4 Å². The van der Waals surface area contributed by atoms with Crippen LogP contribution in [0.4, 0.5) is 4.39 Å². The molecule has 1 heterocycles. The van der Waals surface area contributed by atoms with Crippen LogP contribution in [0.5, 0.6) is 0 Å². The molecule has 2 aromatic carbocycles. The van der Waals surface area contributed by atoms with E-state index in [9.17, 15) is 17.6 Å². The van der Waals surface area contributed by atoms with Gasteiger partial charge in [-0.15, -0.1) is 0 Å². The first-order valence-corrected chi connectivity index (χ1v) is 10.9. The molecule has 1 aliphatic heterocycles. The molecule has 4 rings (SSSR count). The number of ketones is 1. The minimum Gasteiger partial charge on any atom is -0.300 e. The number of nitrogens with zero attached hydrogens (tertiary/aromatic N) is 1. The quantitative estimate of drug-likeness (QED) is 0.785. The van der Waals surface area contributed by atoms with Gasteiger partial charge in [-0.25, -0.2) is 12.8 Å². The van der Waals surface area contributed by atoms with Crippen LogP contribution in [-0.4, -0.2) is 31.6 Å². The van der Waals surface area contributed by atoms with Crippen molar-refractivity contribution in [1.29, 1.82) is 0 Å². The lowest BCUT2D eigenvalue weighted by Gasteiger charge is -2.53. The summed E-state index contributed by atoms with van der Waals surface area (Å²) in [5, 5.41) is 0. The van der Waals surface area contributed by atoms with Gasteiger partial charge in [0, 0.05) is 31.3 Å². The van der Waals surface area contributed by atoms with E-state index in [2.05, 4.69) is 0 Å².